The van der Waals surface area contributed by atoms with Crippen LogP contribution in [0.2, 0.25) is 0 Å². The van der Waals surface area contributed by atoms with E-state index in [1.165, 1.54) is 0 Å². The summed E-state index contributed by atoms with van der Waals surface area (Å²) in [6.07, 6.45) is 1.96. The zero-order valence-electron chi connectivity index (χ0n) is 10.9. The lowest BCUT2D eigenvalue weighted by atomic mass is 10.1. The lowest BCUT2D eigenvalue weighted by Gasteiger charge is -2.25. The van der Waals surface area contributed by atoms with Gasteiger partial charge in [-0.05, 0) is 33.1 Å². The van der Waals surface area contributed by atoms with Crippen LogP contribution in [-0.4, -0.2) is 36.5 Å². The molecule has 0 aromatic carbocycles. The molecule has 4 heteroatoms. The lowest BCUT2D eigenvalue weighted by molar-refractivity contribution is -0.108. The number of carbonyl (C=O) groups excluding carboxylic acids is 2. The first-order valence-corrected chi connectivity index (χ1v) is 5.64. The number of ether oxygens (including phenoxy) is 1. The fourth-order valence-corrected chi connectivity index (χ4v) is 1.13. The first kappa shape index (κ1) is 14.9. The molecule has 0 bridgehead atoms. The van der Waals surface area contributed by atoms with Crippen LogP contribution in [0.1, 0.15) is 40.5 Å². The molecule has 0 saturated heterocycles. The summed E-state index contributed by atoms with van der Waals surface area (Å²) in [4.78, 5) is 23.4. The summed E-state index contributed by atoms with van der Waals surface area (Å²) in [5.74, 6) is 0.308. The number of nitrogens with zero attached hydrogens (tertiary/aromatic N) is 1. The van der Waals surface area contributed by atoms with Crippen LogP contribution < -0.4 is 0 Å². The molecule has 0 saturated carbocycles. The Bertz CT molecular complexity index is 233. The highest BCUT2D eigenvalue weighted by Crippen LogP contribution is 2.11. The average Bonchev–Trinajstić information content (AvgIpc) is 2.11. The minimum absolute atomic E-state index is 0.308. The monoisotopic (exact) mass is 229 g/mol. The fourth-order valence-electron chi connectivity index (χ4n) is 1.13. The van der Waals surface area contributed by atoms with Crippen LogP contribution in [0.15, 0.2) is 0 Å². The average molecular weight is 229 g/mol. The summed E-state index contributed by atoms with van der Waals surface area (Å²) in [5, 5.41) is 0. The highest BCUT2D eigenvalue weighted by Gasteiger charge is 2.19. The van der Waals surface area contributed by atoms with Gasteiger partial charge < -0.3 is 14.4 Å². The summed E-state index contributed by atoms with van der Waals surface area (Å²) in [7, 11) is 1.71. The number of hydrogen-bond donors (Lipinski definition) is 0. The van der Waals surface area contributed by atoms with E-state index in [0.717, 1.165) is 12.7 Å². The van der Waals surface area contributed by atoms with Gasteiger partial charge in [0, 0.05) is 20.0 Å². The molecule has 0 spiro atoms. The molecule has 94 valence electrons. The molecule has 1 atom stereocenters. The molecule has 4 nitrogen and oxygen atoms in total. The normalized spacial score (nSPS) is 13.1. The van der Waals surface area contributed by atoms with Gasteiger partial charge in [-0.1, -0.05) is 6.92 Å². The molecule has 0 aromatic heterocycles. The maximum Gasteiger partial charge on any atom is 0.410 e. The molecule has 1 amide bonds. The van der Waals surface area contributed by atoms with E-state index in [4.69, 9.17) is 4.74 Å². The van der Waals surface area contributed by atoms with Crippen molar-refractivity contribution in [3.05, 3.63) is 0 Å². The van der Waals surface area contributed by atoms with E-state index in [1.54, 1.807) is 11.9 Å². The van der Waals surface area contributed by atoms with E-state index < -0.39 is 5.60 Å². The van der Waals surface area contributed by atoms with Gasteiger partial charge in [0.05, 0.1) is 0 Å². The highest BCUT2D eigenvalue weighted by molar-refractivity contribution is 5.67. The molecule has 16 heavy (non-hydrogen) atoms. The molecule has 0 aliphatic carbocycles. The van der Waals surface area contributed by atoms with E-state index in [9.17, 15) is 9.59 Å². The molecule has 0 aliphatic heterocycles. The Labute approximate surface area is 98.0 Å². The largest absolute Gasteiger partial charge is 0.444 e. The first-order chi connectivity index (χ1) is 7.26. The number of rotatable bonds is 5. The van der Waals surface area contributed by atoms with E-state index in [2.05, 4.69) is 0 Å². The topological polar surface area (TPSA) is 46.6 Å². The second kappa shape index (κ2) is 6.51. The van der Waals surface area contributed by atoms with Crippen molar-refractivity contribution in [3.63, 3.8) is 0 Å². The van der Waals surface area contributed by atoms with Gasteiger partial charge in [-0.2, -0.15) is 0 Å². The Morgan fingerprint density at radius 2 is 2.00 bits per heavy atom. The quantitative estimate of drug-likeness (QED) is 0.680. The van der Waals surface area contributed by atoms with Crippen molar-refractivity contribution in [2.24, 2.45) is 5.92 Å². The van der Waals surface area contributed by atoms with Gasteiger partial charge in [0.15, 0.2) is 0 Å². The molecule has 0 radical (unpaired) electrons. The van der Waals surface area contributed by atoms with Crippen LogP contribution in [0.4, 0.5) is 4.79 Å². The smallest absolute Gasteiger partial charge is 0.410 e. The summed E-state index contributed by atoms with van der Waals surface area (Å²) in [6, 6.07) is 0. The van der Waals surface area contributed by atoms with Gasteiger partial charge in [0.25, 0.3) is 0 Å². The fraction of sp³-hybridized carbons (Fsp3) is 0.833. The summed E-state index contributed by atoms with van der Waals surface area (Å²) in [6.45, 7) is 8.14. The molecule has 0 heterocycles. The SMILES string of the molecule is C[C@@H](CC=O)CCN(C)C(=O)OC(C)(C)C. The molecule has 0 N–H and O–H groups in total. The van der Waals surface area contributed by atoms with E-state index >= 15 is 0 Å². The van der Waals surface area contributed by atoms with Gasteiger partial charge in [-0.3, -0.25) is 0 Å². The molecule has 0 aliphatic rings. The van der Waals surface area contributed by atoms with Crippen LogP contribution in [-0.2, 0) is 9.53 Å². The molecule has 0 unspecified atom stereocenters. The zero-order chi connectivity index (χ0) is 12.8. The molecule has 0 rings (SSSR count). The van der Waals surface area contributed by atoms with Crippen molar-refractivity contribution in [2.75, 3.05) is 13.6 Å². The molecular weight excluding hydrogens is 206 g/mol. The minimum Gasteiger partial charge on any atom is -0.444 e. The van der Waals surface area contributed by atoms with Crippen LogP contribution >= 0.6 is 0 Å². The predicted molar refractivity (Wildman–Crippen MR) is 63.3 cm³/mol. The van der Waals surface area contributed by atoms with Crippen molar-refractivity contribution in [3.8, 4) is 0 Å². The maximum atomic E-state index is 11.6. The molecule has 0 fully saturated rings. The Balaban J connectivity index is 3.92. The van der Waals surface area contributed by atoms with Crippen molar-refractivity contribution in [1.29, 1.82) is 0 Å². The van der Waals surface area contributed by atoms with Gasteiger partial charge in [0.1, 0.15) is 11.9 Å². The van der Waals surface area contributed by atoms with Gasteiger partial charge >= 0.3 is 6.09 Å². The third-order valence-electron chi connectivity index (χ3n) is 2.16. The van der Waals surface area contributed by atoms with Gasteiger partial charge in [-0.15, -0.1) is 0 Å². The standard InChI is InChI=1S/C12H23NO3/c1-10(7-9-14)6-8-13(5)11(15)16-12(2,3)4/h9-10H,6-8H2,1-5H3/t10-/m1/s1. The number of aldehydes is 1. The van der Waals surface area contributed by atoms with Crippen molar-refractivity contribution in [1.82, 2.24) is 4.90 Å². The Morgan fingerprint density at radius 3 is 2.44 bits per heavy atom. The van der Waals surface area contributed by atoms with Crippen molar-refractivity contribution >= 4 is 12.4 Å². The number of amides is 1. The van der Waals surface area contributed by atoms with Crippen LogP contribution in [0.3, 0.4) is 0 Å². The zero-order valence-corrected chi connectivity index (χ0v) is 10.9. The Hall–Kier alpha value is -1.06. The predicted octanol–water partition coefficient (Wildman–Crippen LogP) is 2.47. The maximum absolute atomic E-state index is 11.6. The second-order valence-corrected chi connectivity index (χ2v) is 5.20. The van der Waals surface area contributed by atoms with Gasteiger partial charge in [0.2, 0.25) is 0 Å². The number of carbonyl (C=O) groups is 2. The van der Waals surface area contributed by atoms with Crippen LogP contribution in [0, 0.1) is 5.92 Å². The molecule has 0 aromatic rings. The van der Waals surface area contributed by atoms with Crippen LogP contribution in [0.5, 0.6) is 0 Å². The van der Waals surface area contributed by atoms with E-state index in [0.29, 0.717) is 18.9 Å². The number of hydrogen-bond acceptors (Lipinski definition) is 3. The first-order valence-electron chi connectivity index (χ1n) is 5.64. The lowest BCUT2D eigenvalue weighted by Crippen LogP contribution is -2.35. The summed E-state index contributed by atoms with van der Waals surface area (Å²) < 4.78 is 5.21. The van der Waals surface area contributed by atoms with Crippen molar-refractivity contribution < 1.29 is 14.3 Å². The second-order valence-electron chi connectivity index (χ2n) is 5.20. The van der Waals surface area contributed by atoms with Gasteiger partial charge in [-0.25, -0.2) is 4.79 Å². The van der Waals surface area contributed by atoms with E-state index in [-0.39, 0.29) is 6.09 Å². The van der Waals surface area contributed by atoms with Crippen molar-refractivity contribution in [2.45, 2.75) is 46.1 Å². The highest BCUT2D eigenvalue weighted by atomic mass is 16.6. The third-order valence-corrected chi connectivity index (χ3v) is 2.16. The Morgan fingerprint density at radius 1 is 1.44 bits per heavy atom. The van der Waals surface area contributed by atoms with Crippen LogP contribution in [0.25, 0.3) is 0 Å². The molecular formula is C12H23NO3. The summed E-state index contributed by atoms with van der Waals surface area (Å²) >= 11 is 0. The third kappa shape index (κ3) is 7.26. The summed E-state index contributed by atoms with van der Waals surface area (Å²) in [5.41, 5.74) is -0.459. The minimum atomic E-state index is -0.459. The Kier molecular flexibility index (Phi) is 6.08. The van der Waals surface area contributed by atoms with E-state index in [1.807, 2.05) is 27.7 Å².